The van der Waals surface area contributed by atoms with E-state index in [4.69, 9.17) is 4.74 Å². The molecule has 0 spiro atoms. The summed E-state index contributed by atoms with van der Waals surface area (Å²) in [6.07, 6.45) is 4.26. The second-order valence-corrected chi connectivity index (χ2v) is 9.37. The van der Waals surface area contributed by atoms with Gasteiger partial charge in [-0.1, -0.05) is 18.2 Å². The fourth-order valence-corrected chi connectivity index (χ4v) is 4.80. The minimum absolute atomic E-state index is 0.00411. The number of methoxy groups -OCH3 is 1. The van der Waals surface area contributed by atoms with Gasteiger partial charge in [0.25, 0.3) is 0 Å². The third-order valence-corrected chi connectivity index (χ3v) is 6.47. The second kappa shape index (κ2) is 9.47. The normalized spacial score (nSPS) is 15.9. The van der Waals surface area contributed by atoms with E-state index in [9.17, 15) is 17.6 Å². The average Bonchev–Trinajstić information content (AvgIpc) is 2.71. The first-order valence-electron chi connectivity index (χ1n) is 9.98. The van der Waals surface area contributed by atoms with Gasteiger partial charge >= 0.3 is 0 Å². The maximum absolute atomic E-state index is 14.1. The Morgan fingerprint density at radius 3 is 2.73 bits per heavy atom. The van der Waals surface area contributed by atoms with Gasteiger partial charge in [-0.15, -0.1) is 0 Å². The molecule has 1 atom stereocenters. The third-order valence-electron chi connectivity index (χ3n) is 5.29. The van der Waals surface area contributed by atoms with Crippen LogP contribution in [0.1, 0.15) is 42.9 Å². The van der Waals surface area contributed by atoms with E-state index < -0.39 is 15.8 Å². The topological polar surface area (TPSA) is 75.7 Å². The SMILES string of the molecule is COc1ccc2c(c1)CCC[C@@H]2NC(=O)CCCN(c1ccccc1F)S(C)(=O)=O. The Balaban J connectivity index is 1.60. The van der Waals surface area contributed by atoms with E-state index in [1.54, 1.807) is 13.2 Å². The van der Waals surface area contributed by atoms with E-state index in [2.05, 4.69) is 5.32 Å². The molecular formula is C22H27FN2O4S. The van der Waals surface area contributed by atoms with Gasteiger partial charge in [0.2, 0.25) is 15.9 Å². The lowest BCUT2D eigenvalue weighted by Crippen LogP contribution is -2.34. The lowest BCUT2D eigenvalue weighted by Gasteiger charge is -2.27. The number of amides is 1. The summed E-state index contributed by atoms with van der Waals surface area (Å²) in [5, 5.41) is 3.05. The molecule has 0 radical (unpaired) electrons. The van der Waals surface area contributed by atoms with Crippen molar-refractivity contribution in [1.82, 2.24) is 5.32 Å². The first kappa shape index (κ1) is 22.1. The highest BCUT2D eigenvalue weighted by atomic mass is 32.2. The lowest BCUT2D eigenvalue weighted by molar-refractivity contribution is -0.122. The van der Waals surface area contributed by atoms with Crippen LogP contribution in [0.15, 0.2) is 42.5 Å². The summed E-state index contributed by atoms with van der Waals surface area (Å²) in [4.78, 5) is 12.5. The van der Waals surface area contributed by atoms with Gasteiger partial charge in [0.05, 0.1) is 25.1 Å². The molecule has 0 unspecified atom stereocenters. The Labute approximate surface area is 177 Å². The monoisotopic (exact) mass is 434 g/mol. The van der Waals surface area contributed by atoms with Crippen molar-refractivity contribution in [3.05, 3.63) is 59.4 Å². The number of fused-ring (bicyclic) bond motifs is 1. The number of anilines is 1. The summed E-state index contributed by atoms with van der Waals surface area (Å²) in [5.74, 6) is 0.0435. The smallest absolute Gasteiger partial charge is 0.232 e. The zero-order valence-electron chi connectivity index (χ0n) is 17.2. The number of hydrogen-bond donors (Lipinski definition) is 1. The number of nitrogens with zero attached hydrogens (tertiary/aromatic N) is 1. The average molecular weight is 435 g/mol. The molecule has 2 aromatic rings. The van der Waals surface area contributed by atoms with E-state index >= 15 is 0 Å². The number of benzene rings is 2. The molecule has 0 aliphatic heterocycles. The molecule has 0 heterocycles. The Morgan fingerprint density at radius 1 is 1.27 bits per heavy atom. The van der Waals surface area contributed by atoms with E-state index in [1.807, 2.05) is 18.2 Å². The van der Waals surface area contributed by atoms with Crippen LogP contribution in [0.4, 0.5) is 10.1 Å². The number of carbonyl (C=O) groups is 1. The molecule has 0 aromatic heterocycles. The molecule has 30 heavy (non-hydrogen) atoms. The number of sulfonamides is 1. The summed E-state index contributed by atoms with van der Waals surface area (Å²) < 4.78 is 44.6. The van der Waals surface area contributed by atoms with Crippen LogP contribution >= 0.6 is 0 Å². The fraction of sp³-hybridized carbons (Fsp3) is 0.409. The Bertz CT molecular complexity index is 1010. The number of nitrogens with one attached hydrogen (secondary N) is 1. The van der Waals surface area contributed by atoms with E-state index in [0.717, 1.165) is 41.1 Å². The van der Waals surface area contributed by atoms with Gasteiger partial charge in [-0.2, -0.15) is 0 Å². The maximum Gasteiger partial charge on any atom is 0.232 e. The predicted molar refractivity (Wildman–Crippen MR) is 115 cm³/mol. The molecule has 0 bridgehead atoms. The number of carbonyl (C=O) groups excluding carboxylic acids is 1. The van der Waals surface area contributed by atoms with Crippen LogP contribution in [-0.2, 0) is 21.2 Å². The van der Waals surface area contributed by atoms with Crippen LogP contribution in [0.25, 0.3) is 0 Å². The van der Waals surface area contributed by atoms with Gasteiger partial charge in [0.1, 0.15) is 11.6 Å². The maximum atomic E-state index is 14.1. The van der Waals surface area contributed by atoms with Crippen molar-refractivity contribution in [2.45, 2.75) is 38.1 Å². The van der Waals surface area contributed by atoms with Gasteiger partial charge in [0, 0.05) is 13.0 Å². The van der Waals surface area contributed by atoms with Crippen LogP contribution in [0.3, 0.4) is 0 Å². The molecule has 1 aliphatic carbocycles. The molecule has 162 valence electrons. The summed E-state index contributed by atoms with van der Waals surface area (Å²) in [7, 11) is -2.03. The third kappa shape index (κ3) is 5.30. The van der Waals surface area contributed by atoms with Crippen molar-refractivity contribution in [3.63, 3.8) is 0 Å². The summed E-state index contributed by atoms with van der Waals surface area (Å²) >= 11 is 0. The van der Waals surface area contributed by atoms with Gasteiger partial charge in [-0.3, -0.25) is 9.10 Å². The number of ether oxygens (including phenoxy) is 1. The van der Waals surface area contributed by atoms with Crippen LogP contribution in [0, 0.1) is 5.82 Å². The number of aryl methyl sites for hydroxylation is 1. The lowest BCUT2D eigenvalue weighted by atomic mass is 9.87. The zero-order valence-corrected chi connectivity index (χ0v) is 18.0. The van der Waals surface area contributed by atoms with Crippen molar-refractivity contribution in [2.24, 2.45) is 0 Å². The molecule has 8 heteroatoms. The molecule has 0 saturated heterocycles. The molecule has 1 amide bonds. The highest BCUT2D eigenvalue weighted by Crippen LogP contribution is 2.32. The van der Waals surface area contributed by atoms with Crippen LogP contribution in [0.2, 0.25) is 0 Å². The molecule has 3 rings (SSSR count). The van der Waals surface area contributed by atoms with Crippen molar-refractivity contribution in [1.29, 1.82) is 0 Å². The Hall–Kier alpha value is -2.61. The van der Waals surface area contributed by atoms with Crippen molar-refractivity contribution in [2.75, 3.05) is 24.2 Å². The number of rotatable bonds is 8. The van der Waals surface area contributed by atoms with Crippen LogP contribution < -0.4 is 14.4 Å². The first-order valence-corrected chi connectivity index (χ1v) is 11.8. The highest BCUT2D eigenvalue weighted by molar-refractivity contribution is 7.92. The summed E-state index contributed by atoms with van der Waals surface area (Å²) in [5.41, 5.74) is 2.27. The van der Waals surface area contributed by atoms with Crippen molar-refractivity contribution >= 4 is 21.6 Å². The minimum Gasteiger partial charge on any atom is -0.497 e. The standard InChI is InChI=1S/C22H27FN2O4S/c1-29-17-12-13-18-16(15-17)7-5-9-20(18)24-22(26)11-6-14-25(30(2,27)28)21-10-4-3-8-19(21)23/h3-4,8,10,12-13,15,20H,5-7,9,11,14H2,1-2H3,(H,24,26)/t20-/m0/s1. The number of halogens is 1. The van der Waals surface area contributed by atoms with Crippen molar-refractivity contribution in [3.8, 4) is 5.75 Å². The molecule has 2 aromatic carbocycles. The summed E-state index contributed by atoms with van der Waals surface area (Å²) in [6, 6.07) is 11.5. The van der Waals surface area contributed by atoms with Gasteiger partial charge < -0.3 is 10.1 Å². The Kier molecular flexibility index (Phi) is 6.97. The molecule has 1 N–H and O–H groups in total. The quantitative estimate of drug-likeness (QED) is 0.689. The Morgan fingerprint density at radius 2 is 2.03 bits per heavy atom. The van der Waals surface area contributed by atoms with Gasteiger partial charge in [-0.05, 0) is 61.1 Å². The zero-order chi connectivity index (χ0) is 21.7. The second-order valence-electron chi connectivity index (χ2n) is 7.47. The van der Waals surface area contributed by atoms with Gasteiger partial charge in [-0.25, -0.2) is 12.8 Å². The molecule has 1 aliphatic rings. The number of hydrogen-bond acceptors (Lipinski definition) is 4. The van der Waals surface area contributed by atoms with E-state index in [1.165, 1.54) is 23.8 Å². The predicted octanol–water partition coefficient (Wildman–Crippen LogP) is 3.57. The number of para-hydroxylation sites is 1. The molecule has 6 nitrogen and oxygen atoms in total. The highest BCUT2D eigenvalue weighted by Gasteiger charge is 2.23. The van der Waals surface area contributed by atoms with Crippen molar-refractivity contribution < 1.29 is 22.3 Å². The largest absolute Gasteiger partial charge is 0.497 e. The first-order chi connectivity index (χ1) is 14.3. The molecule has 0 fully saturated rings. The van der Waals surface area contributed by atoms with E-state index in [0.29, 0.717) is 0 Å². The summed E-state index contributed by atoms with van der Waals surface area (Å²) in [6.45, 7) is 0.0334. The molecular weight excluding hydrogens is 407 g/mol. The van der Waals surface area contributed by atoms with Crippen LogP contribution in [0.5, 0.6) is 5.75 Å². The van der Waals surface area contributed by atoms with E-state index in [-0.39, 0.29) is 37.0 Å². The van der Waals surface area contributed by atoms with Crippen LogP contribution in [-0.4, -0.2) is 34.2 Å². The van der Waals surface area contributed by atoms with Gasteiger partial charge in [0.15, 0.2) is 0 Å². The fourth-order valence-electron chi connectivity index (χ4n) is 3.84. The molecule has 0 saturated carbocycles. The minimum atomic E-state index is -3.66.